The van der Waals surface area contributed by atoms with Crippen molar-refractivity contribution in [1.82, 2.24) is 5.32 Å². The van der Waals surface area contributed by atoms with E-state index in [0.717, 1.165) is 32.5 Å². The summed E-state index contributed by atoms with van der Waals surface area (Å²) in [6.07, 6.45) is 2.57. The Bertz CT molecular complexity index is 286. The van der Waals surface area contributed by atoms with Crippen molar-refractivity contribution in [3.63, 3.8) is 0 Å². The van der Waals surface area contributed by atoms with Crippen LogP contribution in [0.4, 0.5) is 0 Å². The van der Waals surface area contributed by atoms with E-state index in [1.807, 2.05) is 0 Å². The van der Waals surface area contributed by atoms with Crippen LogP contribution in [0.2, 0.25) is 0 Å². The smallest absolute Gasteiger partial charge is 0.188 e. The van der Waals surface area contributed by atoms with Gasteiger partial charge in [0.05, 0.1) is 6.10 Å². The molecule has 1 aliphatic rings. The lowest BCUT2D eigenvalue weighted by Gasteiger charge is -2.37. The second-order valence-electron chi connectivity index (χ2n) is 6.85. The minimum Gasteiger partial charge on any atom is -0.376 e. The van der Waals surface area contributed by atoms with Gasteiger partial charge in [-0.15, -0.1) is 0 Å². The van der Waals surface area contributed by atoms with E-state index < -0.39 is 0 Å². The normalized spacial score (nSPS) is 22.3. The molecule has 18 heavy (non-hydrogen) atoms. The number of aliphatic imine (C=N–C) groups is 1. The average molecular weight is 255 g/mol. The van der Waals surface area contributed by atoms with Crippen LogP contribution in [0.3, 0.4) is 0 Å². The molecule has 0 bridgehead atoms. The molecular formula is C14H29N3O. The number of ether oxygens (including phenoxy) is 1. The topological polar surface area (TPSA) is 59.6 Å². The maximum Gasteiger partial charge on any atom is 0.188 e. The zero-order valence-corrected chi connectivity index (χ0v) is 12.5. The second-order valence-corrected chi connectivity index (χ2v) is 6.85. The highest BCUT2D eigenvalue weighted by Gasteiger charge is 2.32. The van der Waals surface area contributed by atoms with Crippen molar-refractivity contribution < 1.29 is 4.74 Å². The number of nitrogens with zero attached hydrogens (tertiary/aromatic N) is 1. The van der Waals surface area contributed by atoms with E-state index in [1.165, 1.54) is 0 Å². The molecule has 1 unspecified atom stereocenters. The highest BCUT2D eigenvalue weighted by Crippen LogP contribution is 2.37. The summed E-state index contributed by atoms with van der Waals surface area (Å²) >= 11 is 0. The number of guanidine groups is 1. The monoisotopic (exact) mass is 255 g/mol. The molecule has 1 aliphatic heterocycles. The largest absolute Gasteiger partial charge is 0.376 e. The molecule has 0 saturated carbocycles. The van der Waals surface area contributed by atoms with Crippen LogP contribution < -0.4 is 11.1 Å². The third-order valence-corrected chi connectivity index (χ3v) is 4.21. The van der Waals surface area contributed by atoms with Crippen molar-refractivity contribution in [2.75, 3.05) is 19.7 Å². The van der Waals surface area contributed by atoms with Gasteiger partial charge in [-0.1, -0.05) is 34.6 Å². The van der Waals surface area contributed by atoms with Crippen LogP contribution in [0.15, 0.2) is 4.99 Å². The Morgan fingerprint density at radius 2 is 2.00 bits per heavy atom. The minimum absolute atomic E-state index is 0.128. The lowest BCUT2D eigenvalue weighted by molar-refractivity contribution is 0.113. The molecule has 1 rings (SSSR count). The molecule has 3 N–H and O–H groups in total. The van der Waals surface area contributed by atoms with Gasteiger partial charge in [-0.25, -0.2) is 0 Å². The molecule has 106 valence electrons. The van der Waals surface area contributed by atoms with Gasteiger partial charge in [0.1, 0.15) is 0 Å². The lowest BCUT2D eigenvalue weighted by atomic mass is 9.69. The maximum absolute atomic E-state index is 5.89. The van der Waals surface area contributed by atoms with Gasteiger partial charge in [0.15, 0.2) is 5.96 Å². The zero-order valence-electron chi connectivity index (χ0n) is 12.5. The predicted octanol–water partition coefficient (Wildman–Crippen LogP) is 2.14. The SMILES string of the molecule is CC(C)(C)C(C)(C)CN=C(N)NCC1CCCO1. The van der Waals surface area contributed by atoms with Crippen molar-refractivity contribution in [3.05, 3.63) is 0 Å². The summed E-state index contributed by atoms with van der Waals surface area (Å²) in [6.45, 7) is 13.5. The van der Waals surface area contributed by atoms with Crippen molar-refractivity contribution in [2.24, 2.45) is 21.6 Å². The van der Waals surface area contributed by atoms with Crippen molar-refractivity contribution in [1.29, 1.82) is 0 Å². The summed E-state index contributed by atoms with van der Waals surface area (Å²) in [6, 6.07) is 0. The molecule has 1 saturated heterocycles. The Morgan fingerprint density at radius 1 is 1.33 bits per heavy atom. The molecule has 1 atom stereocenters. The first-order valence-electron chi connectivity index (χ1n) is 6.88. The molecule has 4 heteroatoms. The number of nitrogens with one attached hydrogen (secondary N) is 1. The summed E-state index contributed by atoms with van der Waals surface area (Å²) in [5, 5.41) is 3.15. The van der Waals surface area contributed by atoms with Gasteiger partial charge in [0, 0.05) is 19.7 Å². The average Bonchev–Trinajstić information content (AvgIpc) is 2.74. The third kappa shape index (κ3) is 4.48. The first-order valence-corrected chi connectivity index (χ1v) is 6.88. The highest BCUT2D eigenvalue weighted by molar-refractivity contribution is 5.77. The summed E-state index contributed by atoms with van der Waals surface area (Å²) < 4.78 is 5.53. The molecule has 1 fully saturated rings. The molecule has 0 aromatic heterocycles. The molecule has 1 heterocycles. The quantitative estimate of drug-likeness (QED) is 0.598. The van der Waals surface area contributed by atoms with Gasteiger partial charge in [-0.2, -0.15) is 0 Å². The first kappa shape index (κ1) is 15.3. The van der Waals surface area contributed by atoms with Crippen LogP contribution in [-0.2, 0) is 4.74 Å². The fourth-order valence-electron chi connectivity index (χ4n) is 1.60. The molecule has 0 aromatic rings. The van der Waals surface area contributed by atoms with Crippen LogP contribution >= 0.6 is 0 Å². The Kier molecular flexibility index (Phi) is 5.02. The number of rotatable bonds is 4. The highest BCUT2D eigenvalue weighted by atomic mass is 16.5. The zero-order chi connectivity index (χ0) is 13.8. The number of hydrogen-bond acceptors (Lipinski definition) is 2. The Hall–Kier alpha value is -0.770. The Labute approximate surface area is 111 Å². The fraction of sp³-hybridized carbons (Fsp3) is 0.929. The van der Waals surface area contributed by atoms with Crippen molar-refractivity contribution in [2.45, 2.75) is 53.6 Å². The van der Waals surface area contributed by atoms with Crippen LogP contribution in [0.1, 0.15) is 47.5 Å². The summed E-state index contributed by atoms with van der Waals surface area (Å²) in [7, 11) is 0. The Morgan fingerprint density at radius 3 is 2.50 bits per heavy atom. The van der Waals surface area contributed by atoms with E-state index in [1.54, 1.807) is 0 Å². The molecule has 0 aliphatic carbocycles. The fourth-order valence-corrected chi connectivity index (χ4v) is 1.60. The second kappa shape index (κ2) is 5.91. The van der Waals surface area contributed by atoms with Crippen LogP contribution in [0, 0.1) is 10.8 Å². The predicted molar refractivity (Wildman–Crippen MR) is 76.7 cm³/mol. The van der Waals surface area contributed by atoms with E-state index >= 15 is 0 Å². The van der Waals surface area contributed by atoms with Crippen molar-refractivity contribution >= 4 is 5.96 Å². The van der Waals surface area contributed by atoms with Crippen molar-refractivity contribution in [3.8, 4) is 0 Å². The summed E-state index contributed by atoms with van der Waals surface area (Å²) in [5.74, 6) is 0.530. The Balaban J connectivity index is 2.36. The van der Waals surface area contributed by atoms with Gasteiger partial charge in [-0.3, -0.25) is 4.99 Å². The number of nitrogens with two attached hydrogens (primary N) is 1. The van der Waals surface area contributed by atoms with E-state index in [2.05, 4.69) is 44.9 Å². The van der Waals surface area contributed by atoms with Crippen LogP contribution in [0.5, 0.6) is 0 Å². The standard InChI is InChI=1S/C14H29N3O/c1-13(2,3)14(4,5)10-17-12(15)16-9-11-7-6-8-18-11/h11H,6-10H2,1-5H3,(H3,15,16,17). The molecule has 0 amide bonds. The molecular weight excluding hydrogens is 226 g/mol. The van der Waals surface area contributed by atoms with E-state index in [0.29, 0.717) is 12.1 Å². The molecule has 0 aromatic carbocycles. The van der Waals surface area contributed by atoms with Gasteiger partial charge in [-0.05, 0) is 23.7 Å². The number of hydrogen-bond donors (Lipinski definition) is 2. The van der Waals surface area contributed by atoms with Crippen LogP contribution in [-0.4, -0.2) is 31.8 Å². The van der Waals surface area contributed by atoms with Gasteiger partial charge in [0.2, 0.25) is 0 Å². The maximum atomic E-state index is 5.89. The van der Waals surface area contributed by atoms with Gasteiger partial charge < -0.3 is 15.8 Å². The van der Waals surface area contributed by atoms with E-state index in [4.69, 9.17) is 10.5 Å². The first-order chi connectivity index (χ1) is 8.22. The van der Waals surface area contributed by atoms with E-state index in [9.17, 15) is 0 Å². The third-order valence-electron chi connectivity index (χ3n) is 4.21. The molecule has 0 radical (unpaired) electrons. The van der Waals surface area contributed by atoms with Gasteiger partial charge >= 0.3 is 0 Å². The minimum atomic E-state index is 0.128. The van der Waals surface area contributed by atoms with E-state index in [-0.39, 0.29) is 10.8 Å². The lowest BCUT2D eigenvalue weighted by Crippen LogP contribution is -2.39. The summed E-state index contributed by atoms with van der Waals surface area (Å²) in [5.41, 5.74) is 6.23. The summed E-state index contributed by atoms with van der Waals surface area (Å²) in [4.78, 5) is 4.45. The molecule has 0 spiro atoms. The van der Waals surface area contributed by atoms with Crippen LogP contribution in [0.25, 0.3) is 0 Å². The molecule has 4 nitrogen and oxygen atoms in total. The van der Waals surface area contributed by atoms with Gasteiger partial charge in [0.25, 0.3) is 0 Å².